The molecule has 90 valence electrons. The highest BCUT2D eigenvalue weighted by atomic mass is 35.5. The van der Waals surface area contributed by atoms with E-state index in [9.17, 15) is 13.2 Å². The molecule has 0 bridgehead atoms. The maximum absolute atomic E-state index is 11.6. The molecule has 0 aromatic heterocycles. The quantitative estimate of drug-likeness (QED) is 0.651. The average Bonchev–Trinajstić information content (AvgIpc) is 2.00. The van der Waals surface area contributed by atoms with E-state index in [1.165, 1.54) is 0 Å². The maximum Gasteiger partial charge on any atom is 0.232 e. The highest BCUT2D eigenvalue weighted by Crippen LogP contribution is 2.06. The highest BCUT2D eigenvalue weighted by Gasteiger charge is 2.23. The predicted octanol–water partition coefficient (Wildman–Crippen LogP) is -0.00170. The van der Waals surface area contributed by atoms with Crippen molar-refractivity contribution < 1.29 is 13.2 Å². The van der Waals surface area contributed by atoms with E-state index in [-0.39, 0.29) is 30.6 Å². The molecule has 0 aliphatic carbocycles. The number of nitrogens with two attached hydrogens (primary N) is 1. The van der Waals surface area contributed by atoms with Gasteiger partial charge in [0.2, 0.25) is 15.9 Å². The molecule has 0 unspecified atom stereocenters. The topological polar surface area (TPSA) is 80.5 Å². The largest absolute Gasteiger partial charge is 0.369 e. The lowest BCUT2D eigenvalue weighted by Crippen LogP contribution is -2.41. The first-order chi connectivity index (χ1) is 6.79. The van der Waals surface area contributed by atoms with Gasteiger partial charge in [0.15, 0.2) is 0 Å². The molecule has 0 fully saturated rings. The van der Waals surface area contributed by atoms with Crippen molar-refractivity contribution in [2.75, 3.05) is 24.7 Å². The number of hydrogen-bond acceptors (Lipinski definition) is 3. The third-order valence-corrected chi connectivity index (χ3v) is 3.83. The van der Waals surface area contributed by atoms with Gasteiger partial charge < -0.3 is 5.73 Å². The number of amides is 1. The molecule has 0 spiro atoms. The summed E-state index contributed by atoms with van der Waals surface area (Å²) < 4.78 is 24.4. The van der Waals surface area contributed by atoms with Gasteiger partial charge in [0.1, 0.15) is 0 Å². The van der Waals surface area contributed by atoms with E-state index in [4.69, 9.17) is 17.3 Å². The summed E-state index contributed by atoms with van der Waals surface area (Å²) >= 11 is 5.38. The first-order valence-corrected chi connectivity index (χ1v) is 6.76. The number of hydrogen-bond donors (Lipinski definition) is 1. The molecular weight excluding hydrogens is 240 g/mol. The molecule has 1 amide bonds. The van der Waals surface area contributed by atoms with E-state index in [0.717, 1.165) is 4.31 Å². The summed E-state index contributed by atoms with van der Waals surface area (Å²) in [5.74, 6) is -0.687. The number of halogens is 1. The first-order valence-electron chi connectivity index (χ1n) is 4.61. The molecule has 7 heteroatoms. The first kappa shape index (κ1) is 14.7. The fourth-order valence-electron chi connectivity index (χ4n) is 1.08. The van der Waals surface area contributed by atoms with E-state index >= 15 is 0 Å². The summed E-state index contributed by atoms with van der Waals surface area (Å²) in [5.41, 5.74) is 4.98. The van der Waals surface area contributed by atoms with Crippen molar-refractivity contribution in [3.8, 4) is 0 Å². The number of carbonyl (C=O) groups excluding carboxylic acids is 1. The monoisotopic (exact) mass is 256 g/mol. The molecule has 0 saturated heterocycles. The van der Waals surface area contributed by atoms with Gasteiger partial charge in [0.25, 0.3) is 0 Å². The Hall–Kier alpha value is -0.330. The van der Waals surface area contributed by atoms with Gasteiger partial charge in [-0.15, -0.1) is 11.6 Å². The molecule has 0 heterocycles. The van der Waals surface area contributed by atoms with Crippen LogP contribution < -0.4 is 5.73 Å². The number of carbonyl (C=O) groups is 1. The van der Waals surface area contributed by atoms with Crippen LogP contribution in [0.15, 0.2) is 0 Å². The molecule has 0 radical (unpaired) electrons. The minimum atomic E-state index is -3.46. The molecule has 0 atom stereocenters. The summed E-state index contributed by atoms with van der Waals surface area (Å²) in [6, 6.07) is 0. The highest BCUT2D eigenvalue weighted by molar-refractivity contribution is 7.89. The van der Waals surface area contributed by atoms with Crippen molar-refractivity contribution in [3.05, 3.63) is 0 Å². The van der Waals surface area contributed by atoms with Gasteiger partial charge in [-0.25, -0.2) is 8.42 Å². The number of sulfonamides is 1. The third kappa shape index (κ3) is 5.96. The van der Waals surface area contributed by atoms with Crippen LogP contribution in [0.5, 0.6) is 0 Å². The Morgan fingerprint density at radius 2 is 2.00 bits per heavy atom. The molecule has 0 aromatic carbocycles. The van der Waals surface area contributed by atoms with Gasteiger partial charge in [-0.1, -0.05) is 13.8 Å². The third-order valence-electron chi connectivity index (χ3n) is 1.63. The van der Waals surface area contributed by atoms with Crippen molar-refractivity contribution in [2.24, 2.45) is 11.7 Å². The van der Waals surface area contributed by atoms with Gasteiger partial charge in [0, 0.05) is 12.4 Å². The predicted molar refractivity (Wildman–Crippen MR) is 60.1 cm³/mol. The Morgan fingerprint density at radius 1 is 1.47 bits per heavy atom. The van der Waals surface area contributed by atoms with Crippen LogP contribution in [-0.4, -0.2) is 43.4 Å². The van der Waals surface area contributed by atoms with Crippen LogP contribution >= 0.6 is 11.6 Å². The van der Waals surface area contributed by atoms with Crippen LogP contribution in [0.1, 0.15) is 13.8 Å². The molecular formula is C8H17ClN2O3S. The molecule has 0 aliphatic heterocycles. The summed E-state index contributed by atoms with van der Waals surface area (Å²) in [4.78, 5) is 10.7. The molecule has 0 saturated carbocycles. The Bertz CT molecular complexity index is 303. The minimum absolute atomic E-state index is 0.00961. The second kappa shape index (κ2) is 6.30. The maximum atomic E-state index is 11.6. The van der Waals surface area contributed by atoms with E-state index in [1.54, 1.807) is 0 Å². The average molecular weight is 257 g/mol. The molecule has 0 aliphatic rings. The van der Waals surface area contributed by atoms with Gasteiger partial charge in [-0.3, -0.25) is 4.79 Å². The van der Waals surface area contributed by atoms with Gasteiger partial charge in [0.05, 0.1) is 12.3 Å². The standard InChI is InChI=1S/C8H17ClN2O3S/c1-7(2)5-11(6-8(10)12)15(13,14)4-3-9/h7H,3-6H2,1-2H3,(H2,10,12). The van der Waals surface area contributed by atoms with Crippen molar-refractivity contribution >= 4 is 27.5 Å². The molecule has 0 rings (SSSR count). The minimum Gasteiger partial charge on any atom is -0.369 e. The fraction of sp³-hybridized carbons (Fsp3) is 0.875. The molecule has 0 aromatic rings. The summed E-state index contributed by atoms with van der Waals surface area (Å²) in [5, 5.41) is 0. The van der Waals surface area contributed by atoms with Crippen LogP contribution in [-0.2, 0) is 14.8 Å². The SMILES string of the molecule is CC(C)CN(CC(N)=O)S(=O)(=O)CCCl. The summed E-state index contributed by atoms with van der Waals surface area (Å²) in [6.45, 7) is 3.73. The fourth-order valence-corrected chi connectivity index (χ4v) is 2.97. The van der Waals surface area contributed by atoms with E-state index in [0.29, 0.717) is 0 Å². The van der Waals surface area contributed by atoms with Gasteiger partial charge >= 0.3 is 0 Å². The smallest absolute Gasteiger partial charge is 0.232 e. The van der Waals surface area contributed by atoms with Crippen molar-refractivity contribution in [1.29, 1.82) is 0 Å². The van der Waals surface area contributed by atoms with Crippen LogP contribution in [0.3, 0.4) is 0 Å². The Labute approximate surface area is 95.6 Å². The van der Waals surface area contributed by atoms with E-state index in [1.807, 2.05) is 13.8 Å². The van der Waals surface area contributed by atoms with Gasteiger partial charge in [-0.05, 0) is 5.92 Å². The normalized spacial score (nSPS) is 12.3. The zero-order chi connectivity index (χ0) is 12.1. The lowest BCUT2D eigenvalue weighted by atomic mass is 10.2. The number of primary amides is 1. The Morgan fingerprint density at radius 3 is 2.33 bits per heavy atom. The van der Waals surface area contributed by atoms with Crippen LogP contribution in [0.4, 0.5) is 0 Å². The van der Waals surface area contributed by atoms with Crippen LogP contribution in [0.2, 0.25) is 0 Å². The van der Waals surface area contributed by atoms with Crippen molar-refractivity contribution in [1.82, 2.24) is 4.31 Å². The zero-order valence-electron chi connectivity index (χ0n) is 8.94. The summed E-state index contributed by atoms with van der Waals surface area (Å²) in [6.07, 6.45) is 0. The van der Waals surface area contributed by atoms with Gasteiger partial charge in [-0.2, -0.15) is 4.31 Å². The number of alkyl halides is 1. The summed E-state index contributed by atoms with van der Waals surface area (Å²) in [7, 11) is -3.46. The molecule has 2 N–H and O–H groups in total. The van der Waals surface area contributed by atoms with Crippen molar-refractivity contribution in [2.45, 2.75) is 13.8 Å². The molecule has 15 heavy (non-hydrogen) atoms. The van der Waals surface area contributed by atoms with Crippen LogP contribution in [0.25, 0.3) is 0 Å². The van der Waals surface area contributed by atoms with E-state index < -0.39 is 15.9 Å². The molecule has 5 nitrogen and oxygen atoms in total. The lowest BCUT2D eigenvalue weighted by molar-refractivity contribution is -0.118. The lowest BCUT2D eigenvalue weighted by Gasteiger charge is -2.21. The second-order valence-corrected chi connectivity index (χ2v) is 6.12. The van der Waals surface area contributed by atoms with Crippen molar-refractivity contribution in [3.63, 3.8) is 0 Å². The Balaban J connectivity index is 4.68. The van der Waals surface area contributed by atoms with E-state index in [2.05, 4.69) is 0 Å². The Kier molecular flexibility index (Phi) is 6.16. The van der Waals surface area contributed by atoms with Crippen LogP contribution in [0, 0.1) is 5.92 Å². The number of nitrogens with zero attached hydrogens (tertiary/aromatic N) is 1. The number of rotatable bonds is 7. The zero-order valence-corrected chi connectivity index (χ0v) is 10.5. The second-order valence-electron chi connectivity index (χ2n) is 3.66.